The molecule has 1 aliphatic rings. The summed E-state index contributed by atoms with van der Waals surface area (Å²) in [6, 6.07) is 11.3. The van der Waals surface area contributed by atoms with Crippen molar-refractivity contribution in [2.75, 3.05) is 28.4 Å². The maximum Gasteiger partial charge on any atom is 0.251 e. The Morgan fingerprint density at radius 1 is 0.793 bits per heavy atom. The van der Waals surface area contributed by atoms with Crippen molar-refractivity contribution in [1.29, 1.82) is 0 Å². The van der Waals surface area contributed by atoms with Gasteiger partial charge in [0, 0.05) is 17.5 Å². The highest BCUT2D eigenvalue weighted by molar-refractivity contribution is 5.95. The highest BCUT2D eigenvalue weighted by Crippen LogP contribution is 2.37. The van der Waals surface area contributed by atoms with Crippen molar-refractivity contribution in [1.82, 2.24) is 5.32 Å². The van der Waals surface area contributed by atoms with Gasteiger partial charge in [-0.2, -0.15) is 0 Å². The zero-order valence-electron chi connectivity index (χ0n) is 17.5. The van der Waals surface area contributed by atoms with E-state index in [1.54, 1.807) is 46.6 Å². The van der Waals surface area contributed by atoms with Gasteiger partial charge in [-0.3, -0.25) is 4.79 Å². The van der Waals surface area contributed by atoms with Gasteiger partial charge >= 0.3 is 0 Å². The standard InChI is InChI=1S/C23H29NO5/c1-26-19-11-9-15(13-21(19)28-3)17-7-5-6-8-18(17)24-23(25)16-10-12-20(27-2)22(14-16)29-4/h9-14,17-18H,5-8H2,1-4H3,(H,24,25). The van der Waals surface area contributed by atoms with E-state index in [9.17, 15) is 4.79 Å². The first-order valence-electron chi connectivity index (χ1n) is 9.86. The molecule has 1 N–H and O–H groups in total. The first-order chi connectivity index (χ1) is 14.1. The van der Waals surface area contributed by atoms with E-state index < -0.39 is 0 Å². The number of carbonyl (C=O) groups is 1. The SMILES string of the molecule is COc1ccc(C(=O)NC2CCCCC2c2ccc(OC)c(OC)c2)cc1OC. The number of nitrogens with one attached hydrogen (secondary N) is 1. The third kappa shape index (κ3) is 4.58. The molecule has 2 atom stereocenters. The van der Waals surface area contributed by atoms with Crippen LogP contribution in [-0.2, 0) is 0 Å². The molecule has 6 heteroatoms. The number of hydrogen-bond acceptors (Lipinski definition) is 5. The number of benzene rings is 2. The fraction of sp³-hybridized carbons (Fsp3) is 0.435. The Hall–Kier alpha value is -2.89. The molecule has 156 valence electrons. The van der Waals surface area contributed by atoms with E-state index in [1.807, 2.05) is 12.1 Å². The summed E-state index contributed by atoms with van der Waals surface area (Å²) in [4.78, 5) is 12.9. The topological polar surface area (TPSA) is 66.0 Å². The molecule has 2 aromatic carbocycles. The zero-order chi connectivity index (χ0) is 20.8. The fourth-order valence-electron chi connectivity index (χ4n) is 4.02. The molecule has 29 heavy (non-hydrogen) atoms. The van der Waals surface area contributed by atoms with Gasteiger partial charge in [-0.25, -0.2) is 0 Å². The van der Waals surface area contributed by atoms with Crippen LogP contribution in [0.5, 0.6) is 23.0 Å². The van der Waals surface area contributed by atoms with Crippen LogP contribution >= 0.6 is 0 Å². The summed E-state index contributed by atoms with van der Waals surface area (Å²) in [5.74, 6) is 2.68. The van der Waals surface area contributed by atoms with Crippen LogP contribution in [-0.4, -0.2) is 40.4 Å². The number of amides is 1. The summed E-state index contributed by atoms with van der Waals surface area (Å²) in [7, 11) is 6.41. The second kappa shape index (κ2) is 9.54. The van der Waals surface area contributed by atoms with Gasteiger partial charge in [0.25, 0.3) is 5.91 Å². The summed E-state index contributed by atoms with van der Waals surface area (Å²) in [5, 5.41) is 3.23. The van der Waals surface area contributed by atoms with E-state index in [0.29, 0.717) is 28.6 Å². The van der Waals surface area contributed by atoms with Crippen LogP contribution in [0.3, 0.4) is 0 Å². The maximum absolute atomic E-state index is 12.9. The molecule has 2 aromatic rings. The summed E-state index contributed by atoms with van der Waals surface area (Å²) < 4.78 is 21.4. The predicted octanol–water partition coefficient (Wildman–Crippen LogP) is 4.18. The number of carbonyl (C=O) groups excluding carboxylic acids is 1. The van der Waals surface area contributed by atoms with Crippen molar-refractivity contribution in [2.45, 2.75) is 37.6 Å². The Morgan fingerprint density at radius 3 is 2.03 bits per heavy atom. The van der Waals surface area contributed by atoms with E-state index in [0.717, 1.165) is 31.2 Å². The highest BCUT2D eigenvalue weighted by Gasteiger charge is 2.29. The smallest absolute Gasteiger partial charge is 0.251 e. The number of rotatable bonds is 7. The monoisotopic (exact) mass is 399 g/mol. The van der Waals surface area contributed by atoms with Crippen molar-refractivity contribution in [3.05, 3.63) is 47.5 Å². The molecule has 0 saturated heterocycles. The Kier molecular flexibility index (Phi) is 6.86. The summed E-state index contributed by atoms with van der Waals surface area (Å²) in [6.07, 6.45) is 4.20. The molecule has 2 unspecified atom stereocenters. The van der Waals surface area contributed by atoms with Crippen molar-refractivity contribution >= 4 is 5.91 Å². The Balaban J connectivity index is 1.81. The lowest BCUT2D eigenvalue weighted by Crippen LogP contribution is -2.41. The molecule has 0 aromatic heterocycles. The third-order valence-corrected chi connectivity index (χ3v) is 5.56. The van der Waals surface area contributed by atoms with Gasteiger partial charge in [0.05, 0.1) is 28.4 Å². The van der Waals surface area contributed by atoms with Crippen LogP contribution in [0.2, 0.25) is 0 Å². The molecular formula is C23H29NO5. The minimum atomic E-state index is -0.108. The Morgan fingerprint density at radius 2 is 1.38 bits per heavy atom. The highest BCUT2D eigenvalue weighted by atomic mass is 16.5. The number of hydrogen-bond donors (Lipinski definition) is 1. The first kappa shape index (κ1) is 20.8. The van der Waals surface area contributed by atoms with Crippen LogP contribution in [0.15, 0.2) is 36.4 Å². The predicted molar refractivity (Wildman–Crippen MR) is 112 cm³/mol. The van der Waals surface area contributed by atoms with E-state index in [-0.39, 0.29) is 17.9 Å². The maximum atomic E-state index is 12.9. The Labute approximate surface area is 172 Å². The lowest BCUT2D eigenvalue weighted by atomic mass is 9.79. The van der Waals surface area contributed by atoms with Crippen LogP contribution < -0.4 is 24.3 Å². The molecule has 0 radical (unpaired) electrons. The molecule has 6 nitrogen and oxygen atoms in total. The molecule has 0 spiro atoms. The second-order valence-corrected chi connectivity index (χ2v) is 7.16. The first-order valence-corrected chi connectivity index (χ1v) is 9.86. The van der Waals surface area contributed by atoms with Crippen molar-refractivity contribution in [3.63, 3.8) is 0 Å². The summed E-state index contributed by atoms with van der Waals surface area (Å²) >= 11 is 0. The summed E-state index contributed by atoms with van der Waals surface area (Å²) in [5.41, 5.74) is 1.71. The van der Waals surface area contributed by atoms with Crippen LogP contribution in [0, 0.1) is 0 Å². The van der Waals surface area contributed by atoms with E-state index >= 15 is 0 Å². The minimum absolute atomic E-state index is 0.0578. The van der Waals surface area contributed by atoms with Gasteiger partial charge in [-0.05, 0) is 48.7 Å². The largest absolute Gasteiger partial charge is 0.493 e. The van der Waals surface area contributed by atoms with Gasteiger partial charge in [-0.15, -0.1) is 0 Å². The minimum Gasteiger partial charge on any atom is -0.493 e. The van der Waals surface area contributed by atoms with Gasteiger partial charge in [0.1, 0.15) is 0 Å². The normalized spacial score (nSPS) is 18.6. The van der Waals surface area contributed by atoms with Crippen LogP contribution in [0.4, 0.5) is 0 Å². The lowest BCUT2D eigenvalue weighted by Gasteiger charge is -2.33. The molecule has 1 saturated carbocycles. The van der Waals surface area contributed by atoms with E-state index in [2.05, 4.69) is 11.4 Å². The van der Waals surface area contributed by atoms with Crippen LogP contribution in [0.1, 0.15) is 47.5 Å². The lowest BCUT2D eigenvalue weighted by molar-refractivity contribution is 0.0920. The molecule has 1 fully saturated rings. The third-order valence-electron chi connectivity index (χ3n) is 5.56. The molecular weight excluding hydrogens is 370 g/mol. The van der Waals surface area contributed by atoms with Gasteiger partial charge in [0.15, 0.2) is 23.0 Å². The zero-order valence-corrected chi connectivity index (χ0v) is 17.5. The number of ether oxygens (including phenoxy) is 4. The van der Waals surface area contributed by atoms with E-state index in [4.69, 9.17) is 18.9 Å². The molecule has 1 amide bonds. The quantitative estimate of drug-likeness (QED) is 0.757. The van der Waals surface area contributed by atoms with Crippen molar-refractivity contribution in [2.24, 2.45) is 0 Å². The molecule has 1 aliphatic carbocycles. The molecule has 0 bridgehead atoms. The van der Waals surface area contributed by atoms with Crippen molar-refractivity contribution < 1.29 is 23.7 Å². The fourth-order valence-corrected chi connectivity index (χ4v) is 4.02. The number of methoxy groups -OCH3 is 4. The van der Waals surface area contributed by atoms with Gasteiger partial charge < -0.3 is 24.3 Å². The Bertz CT molecular complexity index is 851. The molecule has 0 aliphatic heterocycles. The van der Waals surface area contributed by atoms with E-state index in [1.165, 1.54) is 0 Å². The second-order valence-electron chi connectivity index (χ2n) is 7.16. The average molecular weight is 399 g/mol. The molecule has 3 rings (SSSR count). The van der Waals surface area contributed by atoms with Gasteiger partial charge in [0.2, 0.25) is 0 Å². The average Bonchev–Trinajstić information content (AvgIpc) is 2.78. The summed E-state index contributed by atoms with van der Waals surface area (Å²) in [6.45, 7) is 0. The van der Waals surface area contributed by atoms with Gasteiger partial charge in [-0.1, -0.05) is 18.9 Å². The van der Waals surface area contributed by atoms with Crippen molar-refractivity contribution in [3.8, 4) is 23.0 Å². The van der Waals surface area contributed by atoms with Crippen LogP contribution in [0.25, 0.3) is 0 Å². The molecule has 0 heterocycles.